The minimum absolute atomic E-state index is 0.0113. The van der Waals surface area contributed by atoms with Gasteiger partial charge in [-0.25, -0.2) is 0 Å². The van der Waals surface area contributed by atoms with E-state index in [1.54, 1.807) is 13.0 Å². The lowest BCUT2D eigenvalue weighted by Crippen LogP contribution is -2.43. The first-order valence-corrected chi connectivity index (χ1v) is 6.42. The maximum Gasteiger partial charge on any atom is 0.271 e. The number of amides is 1. The van der Waals surface area contributed by atoms with E-state index in [1.165, 1.54) is 12.1 Å². The van der Waals surface area contributed by atoms with Crippen molar-refractivity contribution in [2.75, 3.05) is 25.1 Å². The predicted molar refractivity (Wildman–Crippen MR) is 73.7 cm³/mol. The van der Waals surface area contributed by atoms with Crippen molar-refractivity contribution in [1.82, 2.24) is 5.32 Å². The van der Waals surface area contributed by atoms with E-state index in [2.05, 4.69) is 10.6 Å². The van der Waals surface area contributed by atoms with Crippen LogP contribution in [0, 0.1) is 17.0 Å². The van der Waals surface area contributed by atoms with Gasteiger partial charge in [-0.2, -0.15) is 0 Å². The summed E-state index contributed by atoms with van der Waals surface area (Å²) in [4.78, 5) is 22.2. The SMILES string of the molecule is Cc1ccc([N+](=O)[O-])cc1NC(=O)CC1COCCN1. The number of anilines is 1. The van der Waals surface area contributed by atoms with Crippen LogP contribution in [0.25, 0.3) is 0 Å². The molecule has 0 radical (unpaired) electrons. The second-order valence-corrected chi connectivity index (χ2v) is 4.73. The largest absolute Gasteiger partial charge is 0.378 e. The van der Waals surface area contributed by atoms with Gasteiger partial charge in [0.2, 0.25) is 5.91 Å². The molecule has 1 atom stereocenters. The molecular weight excluding hydrogens is 262 g/mol. The number of benzene rings is 1. The summed E-state index contributed by atoms with van der Waals surface area (Å²) in [6, 6.07) is 4.40. The first-order chi connectivity index (χ1) is 9.56. The number of nitrogens with one attached hydrogen (secondary N) is 2. The molecule has 108 valence electrons. The standard InChI is InChI=1S/C13H17N3O4/c1-9-2-3-11(16(18)19)7-12(9)15-13(17)6-10-8-20-5-4-14-10/h2-3,7,10,14H,4-6,8H2,1H3,(H,15,17). The van der Waals surface area contributed by atoms with E-state index >= 15 is 0 Å². The highest BCUT2D eigenvalue weighted by Gasteiger charge is 2.18. The quantitative estimate of drug-likeness (QED) is 0.638. The molecule has 1 amide bonds. The lowest BCUT2D eigenvalue weighted by atomic mass is 10.1. The lowest BCUT2D eigenvalue weighted by molar-refractivity contribution is -0.384. The normalized spacial score (nSPS) is 18.6. The molecular formula is C13H17N3O4. The van der Waals surface area contributed by atoms with Crippen molar-refractivity contribution in [3.05, 3.63) is 33.9 Å². The zero-order chi connectivity index (χ0) is 14.5. The molecule has 1 aliphatic rings. The van der Waals surface area contributed by atoms with Gasteiger partial charge in [-0.05, 0) is 12.5 Å². The minimum atomic E-state index is -0.481. The van der Waals surface area contributed by atoms with E-state index in [4.69, 9.17) is 4.74 Å². The van der Waals surface area contributed by atoms with Gasteiger partial charge in [0.1, 0.15) is 0 Å². The fourth-order valence-corrected chi connectivity index (χ4v) is 2.03. The molecule has 7 nitrogen and oxygen atoms in total. The third-order valence-corrected chi connectivity index (χ3v) is 3.14. The van der Waals surface area contributed by atoms with Gasteiger partial charge in [-0.1, -0.05) is 6.07 Å². The summed E-state index contributed by atoms with van der Waals surface area (Å²) < 4.78 is 5.28. The number of nitro benzene ring substituents is 1. The van der Waals surface area contributed by atoms with E-state index in [-0.39, 0.29) is 24.1 Å². The van der Waals surface area contributed by atoms with Gasteiger partial charge in [0.25, 0.3) is 5.69 Å². The third-order valence-electron chi connectivity index (χ3n) is 3.14. The van der Waals surface area contributed by atoms with Gasteiger partial charge in [0.15, 0.2) is 0 Å². The molecule has 1 unspecified atom stereocenters. The molecule has 1 aromatic rings. The van der Waals surface area contributed by atoms with E-state index in [1.807, 2.05) is 0 Å². The van der Waals surface area contributed by atoms with Crippen LogP contribution in [0.3, 0.4) is 0 Å². The van der Waals surface area contributed by atoms with Crippen LogP contribution in [0.5, 0.6) is 0 Å². The number of hydrogen-bond acceptors (Lipinski definition) is 5. The molecule has 1 aliphatic heterocycles. The summed E-state index contributed by atoms with van der Waals surface area (Å²) in [7, 11) is 0. The van der Waals surface area contributed by atoms with Gasteiger partial charge in [0.05, 0.1) is 23.8 Å². The highest BCUT2D eigenvalue weighted by Crippen LogP contribution is 2.22. The van der Waals surface area contributed by atoms with E-state index in [9.17, 15) is 14.9 Å². The van der Waals surface area contributed by atoms with Crippen LogP contribution in [-0.2, 0) is 9.53 Å². The van der Waals surface area contributed by atoms with Crippen molar-refractivity contribution in [3.8, 4) is 0 Å². The fourth-order valence-electron chi connectivity index (χ4n) is 2.03. The number of non-ortho nitro benzene ring substituents is 1. The molecule has 1 aromatic carbocycles. The second-order valence-electron chi connectivity index (χ2n) is 4.73. The molecule has 0 bridgehead atoms. The number of nitrogens with zero attached hydrogens (tertiary/aromatic N) is 1. The highest BCUT2D eigenvalue weighted by molar-refractivity contribution is 5.92. The number of carbonyl (C=O) groups is 1. The maximum absolute atomic E-state index is 11.9. The molecule has 0 aliphatic carbocycles. The predicted octanol–water partition coefficient (Wildman–Crippen LogP) is 1.22. The molecule has 0 aromatic heterocycles. The van der Waals surface area contributed by atoms with Crippen molar-refractivity contribution in [3.63, 3.8) is 0 Å². The number of nitro groups is 1. The minimum Gasteiger partial charge on any atom is -0.378 e. The first kappa shape index (κ1) is 14.4. The summed E-state index contributed by atoms with van der Waals surface area (Å²) >= 11 is 0. The number of morpholine rings is 1. The maximum atomic E-state index is 11.9. The van der Waals surface area contributed by atoms with E-state index < -0.39 is 4.92 Å². The number of rotatable bonds is 4. The van der Waals surface area contributed by atoms with Crippen molar-refractivity contribution in [1.29, 1.82) is 0 Å². The van der Waals surface area contributed by atoms with Gasteiger partial charge < -0.3 is 15.4 Å². The Morgan fingerprint density at radius 2 is 2.40 bits per heavy atom. The first-order valence-electron chi connectivity index (χ1n) is 6.42. The Bertz CT molecular complexity index is 512. The van der Waals surface area contributed by atoms with Crippen molar-refractivity contribution >= 4 is 17.3 Å². The lowest BCUT2D eigenvalue weighted by Gasteiger charge is -2.23. The summed E-state index contributed by atoms with van der Waals surface area (Å²) in [5.74, 6) is -0.184. The average Bonchev–Trinajstić information content (AvgIpc) is 2.42. The zero-order valence-corrected chi connectivity index (χ0v) is 11.2. The van der Waals surface area contributed by atoms with Crippen LogP contribution in [0.1, 0.15) is 12.0 Å². The average molecular weight is 279 g/mol. The topological polar surface area (TPSA) is 93.5 Å². The number of hydrogen-bond donors (Lipinski definition) is 2. The summed E-state index contributed by atoms with van der Waals surface area (Å²) in [6.07, 6.45) is 0.280. The molecule has 0 spiro atoms. The summed E-state index contributed by atoms with van der Waals surface area (Å²) in [5.41, 5.74) is 1.22. The molecule has 1 saturated heterocycles. The number of aryl methyl sites for hydroxylation is 1. The van der Waals surface area contributed by atoms with Crippen LogP contribution in [0.15, 0.2) is 18.2 Å². The smallest absolute Gasteiger partial charge is 0.271 e. The molecule has 1 fully saturated rings. The van der Waals surface area contributed by atoms with Gasteiger partial charge >= 0.3 is 0 Å². The van der Waals surface area contributed by atoms with E-state index in [0.717, 1.165) is 12.1 Å². The van der Waals surface area contributed by atoms with Crippen molar-refractivity contribution in [2.24, 2.45) is 0 Å². The Morgan fingerprint density at radius 3 is 3.05 bits per heavy atom. The van der Waals surface area contributed by atoms with Crippen LogP contribution >= 0.6 is 0 Å². The Morgan fingerprint density at radius 1 is 1.60 bits per heavy atom. The monoisotopic (exact) mass is 279 g/mol. The van der Waals surface area contributed by atoms with E-state index in [0.29, 0.717) is 18.9 Å². The Balaban J connectivity index is 1.99. The summed E-state index contributed by atoms with van der Waals surface area (Å²) in [5, 5.41) is 16.6. The molecule has 20 heavy (non-hydrogen) atoms. The molecule has 2 rings (SSSR count). The summed E-state index contributed by atoms with van der Waals surface area (Å²) in [6.45, 7) is 3.68. The Hall–Kier alpha value is -1.99. The Labute approximate surface area is 116 Å². The van der Waals surface area contributed by atoms with Crippen LogP contribution in [0.4, 0.5) is 11.4 Å². The van der Waals surface area contributed by atoms with Gasteiger partial charge in [-0.3, -0.25) is 14.9 Å². The number of ether oxygens (including phenoxy) is 1. The fraction of sp³-hybridized carbons (Fsp3) is 0.462. The molecule has 0 saturated carbocycles. The second kappa shape index (κ2) is 6.44. The van der Waals surface area contributed by atoms with Gasteiger partial charge in [-0.15, -0.1) is 0 Å². The van der Waals surface area contributed by atoms with Crippen LogP contribution in [0.2, 0.25) is 0 Å². The third kappa shape index (κ3) is 3.75. The van der Waals surface area contributed by atoms with Crippen molar-refractivity contribution < 1.29 is 14.5 Å². The zero-order valence-electron chi connectivity index (χ0n) is 11.2. The Kier molecular flexibility index (Phi) is 4.65. The molecule has 2 N–H and O–H groups in total. The highest BCUT2D eigenvalue weighted by atomic mass is 16.6. The van der Waals surface area contributed by atoms with Crippen LogP contribution in [-0.4, -0.2) is 36.6 Å². The van der Waals surface area contributed by atoms with Crippen molar-refractivity contribution in [2.45, 2.75) is 19.4 Å². The number of carbonyl (C=O) groups excluding carboxylic acids is 1. The molecule has 7 heteroatoms. The molecule has 1 heterocycles. The van der Waals surface area contributed by atoms with Crippen LogP contribution < -0.4 is 10.6 Å². The van der Waals surface area contributed by atoms with Gasteiger partial charge in [0, 0.05) is 31.1 Å².